The lowest BCUT2D eigenvalue weighted by Gasteiger charge is -2.11. The van der Waals surface area contributed by atoms with E-state index in [0.29, 0.717) is 0 Å². The summed E-state index contributed by atoms with van der Waals surface area (Å²) in [6.07, 6.45) is 0. The molecule has 0 aliphatic heterocycles. The molecule has 0 fully saturated rings. The van der Waals surface area contributed by atoms with Crippen LogP contribution in [-0.4, -0.2) is 4.57 Å². The first-order valence-corrected chi connectivity index (χ1v) is 14.0. The van der Waals surface area contributed by atoms with Crippen LogP contribution in [0, 0.1) is 0 Å². The van der Waals surface area contributed by atoms with Crippen molar-refractivity contribution in [2.24, 2.45) is 0 Å². The number of anilines is 2. The average Bonchev–Trinajstić information content (AvgIpc) is 3.54. The maximum Gasteiger partial charge on any atom is 0.0562 e. The average molecular weight is 517 g/mol. The molecule has 6 aromatic carbocycles. The van der Waals surface area contributed by atoms with Gasteiger partial charge in [-0.05, 0) is 65.7 Å². The number of benzene rings is 6. The molecule has 0 aliphatic carbocycles. The lowest BCUT2D eigenvalue weighted by molar-refractivity contribution is 1.18. The van der Waals surface area contributed by atoms with E-state index in [-0.39, 0.29) is 0 Å². The predicted molar refractivity (Wildman–Crippen MR) is 169 cm³/mol. The van der Waals surface area contributed by atoms with Crippen molar-refractivity contribution in [3.05, 3.63) is 140 Å². The summed E-state index contributed by atoms with van der Waals surface area (Å²) in [6.45, 7) is 0. The number of nitrogens with one attached hydrogen (secondary N) is 1. The minimum atomic E-state index is 1.10. The Labute approximate surface area is 230 Å². The molecule has 0 radical (unpaired) electrons. The van der Waals surface area contributed by atoms with E-state index in [2.05, 4.69) is 149 Å². The molecule has 0 amide bonds. The van der Waals surface area contributed by atoms with Crippen molar-refractivity contribution in [1.82, 2.24) is 4.57 Å². The van der Waals surface area contributed by atoms with Crippen molar-refractivity contribution < 1.29 is 0 Å². The van der Waals surface area contributed by atoms with Gasteiger partial charge in [0, 0.05) is 48.0 Å². The van der Waals surface area contributed by atoms with Crippen molar-refractivity contribution in [2.75, 3.05) is 5.32 Å². The highest BCUT2D eigenvalue weighted by Crippen LogP contribution is 2.40. The minimum Gasteiger partial charge on any atom is -0.355 e. The van der Waals surface area contributed by atoms with Gasteiger partial charge in [-0.2, -0.15) is 0 Å². The Hall–Kier alpha value is -4.86. The third-order valence-electron chi connectivity index (χ3n) is 7.59. The van der Waals surface area contributed by atoms with Crippen LogP contribution in [0.15, 0.2) is 140 Å². The second kappa shape index (κ2) is 8.87. The van der Waals surface area contributed by atoms with Gasteiger partial charge in [0.05, 0.1) is 11.0 Å². The van der Waals surface area contributed by atoms with Crippen LogP contribution in [0.3, 0.4) is 0 Å². The number of rotatable bonds is 4. The Bertz CT molecular complexity index is 2130. The van der Waals surface area contributed by atoms with Gasteiger partial charge in [-0.25, -0.2) is 0 Å². The van der Waals surface area contributed by atoms with Crippen LogP contribution in [0.1, 0.15) is 0 Å². The molecule has 0 saturated heterocycles. The quantitative estimate of drug-likeness (QED) is 0.246. The van der Waals surface area contributed by atoms with Crippen molar-refractivity contribution in [3.63, 3.8) is 0 Å². The number of nitrogens with zero attached hydrogens (tertiary/aromatic N) is 1. The van der Waals surface area contributed by atoms with Gasteiger partial charge in [0.25, 0.3) is 0 Å². The third-order valence-corrected chi connectivity index (χ3v) is 8.74. The number of fused-ring (bicyclic) bond motifs is 6. The van der Waals surface area contributed by atoms with Crippen LogP contribution in [0.4, 0.5) is 11.4 Å². The molecule has 0 bridgehead atoms. The molecular formula is C36H24N2S. The normalized spacial score (nSPS) is 11.6. The zero-order valence-electron chi connectivity index (χ0n) is 21.1. The Morgan fingerprint density at radius 2 is 1.18 bits per heavy atom. The monoisotopic (exact) mass is 516 g/mol. The van der Waals surface area contributed by atoms with Gasteiger partial charge in [0.2, 0.25) is 0 Å². The summed E-state index contributed by atoms with van der Waals surface area (Å²) in [5.41, 5.74) is 8.21. The maximum absolute atomic E-state index is 3.77. The molecule has 0 unspecified atom stereocenters. The molecule has 1 N–H and O–H groups in total. The fourth-order valence-corrected chi connectivity index (χ4v) is 6.88. The number of thiophene rings is 1. The second-order valence-corrected chi connectivity index (χ2v) is 11.0. The summed E-state index contributed by atoms with van der Waals surface area (Å²) in [5, 5.41) is 8.86. The largest absolute Gasteiger partial charge is 0.355 e. The van der Waals surface area contributed by atoms with Gasteiger partial charge in [-0.15, -0.1) is 11.3 Å². The molecule has 8 rings (SSSR count). The fourth-order valence-electron chi connectivity index (χ4n) is 5.79. The van der Waals surface area contributed by atoms with E-state index in [9.17, 15) is 0 Å². The highest BCUT2D eigenvalue weighted by molar-refractivity contribution is 7.25. The van der Waals surface area contributed by atoms with Crippen molar-refractivity contribution >= 4 is 64.7 Å². The number of para-hydroxylation sites is 1. The molecule has 39 heavy (non-hydrogen) atoms. The zero-order chi connectivity index (χ0) is 25.8. The summed E-state index contributed by atoms with van der Waals surface area (Å²) in [7, 11) is 0. The maximum atomic E-state index is 3.77. The summed E-state index contributed by atoms with van der Waals surface area (Å²) in [6, 6.07) is 50.1. The smallest absolute Gasteiger partial charge is 0.0562 e. The van der Waals surface area contributed by atoms with Gasteiger partial charge in [-0.3, -0.25) is 0 Å². The van der Waals surface area contributed by atoms with Gasteiger partial charge >= 0.3 is 0 Å². The molecule has 2 aromatic heterocycles. The Morgan fingerprint density at radius 1 is 0.487 bits per heavy atom. The van der Waals surface area contributed by atoms with Crippen LogP contribution in [0.25, 0.3) is 58.8 Å². The van der Waals surface area contributed by atoms with Crippen molar-refractivity contribution in [2.45, 2.75) is 0 Å². The third kappa shape index (κ3) is 3.63. The van der Waals surface area contributed by atoms with E-state index in [0.717, 1.165) is 17.1 Å². The molecule has 2 heterocycles. The van der Waals surface area contributed by atoms with Crippen LogP contribution >= 0.6 is 11.3 Å². The minimum absolute atomic E-state index is 1.10. The number of hydrogen-bond donors (Lipinski definition) is 1. The Kier molecular flexibility index (Phi) is 5.04. The standard InChI is InChI=1S/C36H24N2S/c1-2-9-24(10-3-1)25-17-20-27(21-18-25)38-32-14-6-4-12-29(32)36-31(13-8-15-33(36)38)37-26-19-22-35-30(23-26)28-11-5-7-16-34(28)39-35/h1-23,37H. The summed E-state index contributed by atoms with van der Waals surface area (Å²) in [4.78, 5) is 0. The molecule has 184 valence electrons. The summed E-state index contributed by atoms with van der Waals surface area (Å²) in [5.74, 6) is 0. The van der Waals surface area contributed by atoms with Crippen LogP contribution in [0.2, 0.25) is 0 Å². The Balaban J connectivity index is 1.27. The fraction of sp³-hybridized carbons (Fsp3) is 0. The molecule has 0 saturated carbocycles. The topological polar surface area (TPSA) is 17.0 Å². The summed E-state index contributed by atoms with van der Waals surface area (Å²) >= 11 is 1.85. The Morgan fingerprint density at radius 3 is 2.05 bits per heavy atom. The first-order chi connectivity index (χ1) is 19.3. The van der Waals surface area contributed by atoms with Crippen LogP contribution < -0.4 is 5.32 Å². The molecular weight excluding hydrogens is 492 g/mol. The lowest BCUT2D eigenvalue weighted by atomic mass is 10.1. The molecule has 0 aliphatic rings. The van der Waals surface area contributed by atoms with Gasteiger partial charge in [-0.1, -0.05) is 84.9 Å². The predicted octanol–water partition coefficient (Wildman–Crippen LogP) is 10.6. The van der Waals surface area contributed by atoms with Crippen molar-refractivity contribution in [1.29, 1.82) is 0 Å². The molecule has 0 spiro atoms. The zero-order valence-corrected chi connectivity index (χ0v) is 22.0. The van der Waals surface area contributed by atoms with Crippen molar-refractivity contribution in [3.8, 4) is 16.8 Å². The van der Waals surface area contributed by atoms with Gasteiger partial charge in [0.15, 0.2) is 0 Å². The van der Waals surface area contributed by atoms with E-state index in [1.807, 2.05) is 11.3 Å². The SMILES string of the molecule is c1ccc(-c2ccc(-n3c4ccccc4c4c(Nc5ccc6sc7ccccc7c6c5)cccc43)cc2)cc1. The number of hydrogen-bond acceptors (Lipinski definition) is 2. The second-order valence-electron chi connectivity index (χ2n) is 9.90. The molecule has 8 aromatic rings. The van der Waals surface area contributed by atoms with E-state index < -0.39 is 0 Å². The van der Waals surface area contributed by atoms with Gasteiger partial charge < -0.3 is 9.88 Å². The highest BCUT2D eigenvalue weighted by atomic mass is 32.1. The highest BCUT2D eigenvalue weighted by Gasteiger charge is 2.15. The molecule has 2 nitrogen and oxygen atoms in total. The van der Waals surface area contributed by atoms with Crippen LogP contribution in [0.5, 0.6) is 0 Å². The number of aromatic nitrogens is 1. The molecule has 0 atom stereocenters. The lowest BCUT2D eigenvalue weighted by Crippen LogP contribution is -1.94. The first-order valence-electron chi connectivity index (χ1n) is 13.2. The van der Waals surface area contributed by atoms with E-state index in [1.165, 1.54) is 53.1 Å². The first kappa shape index (κ1) is 22.2. The van der Waals surface area contributed by atoms with Crippen LogP contribution in [-0.2, 0) is 0 Å². The van der Waals surface area contributed by atoms with E-state index in [4.69, 9.17) is 0 Å². The van der Waals surface area contributed by atoms with E-state index in [1.54, 1.807) is 0 Å². The van der Waals surface area contributed by atoms with Gasteiger partial charge in [0.1, 0.15) is 0 Å². The molecule has 3 heteroatoms. The summed E-state index contributed by atoms with van der Waals surface area (Å²) < 4.78 is 5.02. The van der Waals surface area contributed by atoms with E-state index >= 15 is 0 Å².